The molecule has 0 unspecified atom stereocenters. The molecule has 2 aliphatic heterocycles. The number of rotatable bonds is 7. The summed E-state index contributed by atoms with van der Waals surface area (Å²) in [6.07, 6.45) is 0. The van der Waals surface area contributed by atoms with Gasteiger partial charge in [-0.2, -0.15) is 0 Å². The van der Waals surface area contributed by atoms with Crippen LogP contribution in [0.5, 0.6) is 23.0 Å². The lowest BCUT2D eigenvalue weighted by Crippen LogP contribution is -2.74. The first-order valence-electron chi connectivity index (χ1n) is 28.0. The molecule has 0 aliphatic carbocycles. The van der Waals surface area contributed by atoms with Gasteiger partial charge in [0, 0.05) is 28.4 Å². The number of aromatic nitrogens is 1. The molecule has 14 aromatic carbocycles. The quantitative estimate of drug-likeness (QED) is 0.0902. The van der Waals surface area contributed by atoms with Crippen molar-refractivity contribution in [3.63, 3.8) is 0 Å². The van der Waals surface area contributed by atoms with Crippen LogP contribution in [0.15, 0.2) is 291 Å². The zero-order valence-electron chi connectivity index (χ0n) is 44.1. The Hall–Kier alpha value is -10.2. The van der Waals surface area contributed by atoms with Crippen LogP contribution in [0.1, 0.15) is 0 Å². The fourth-order valence-electron chi connectivity index (χ4n) is 14.1. The molecule has 0 fully saturated rings. The first-order valence-corrected chi connectivity index (χ1v) is 30.0. The summed E-state index contributed by atoms with van der Waals surface area (Å²) in [7, 11) is -2.82. The third-order valence-electron chi connectivity index (χ3n) is 17.6. The van der Waals surface area contributed by atoms with Crippen LogP contribution in [0.25, 0.3) is 92.8 Å². The van der Waals surface area contributed by atoms with Crippen LogP contribution in [-0.2, 0) is 0 Å². The number of fused-ring (bicyclic) bond motifs is 11. The van der Waals surface area contributed by atoms with E-state index in [1.165, 1.54) is 85.9 Å². The summed E-state index contributed by atoms with van der Waals surface area (Å²) in [4.78, 5) is 0. The van der Waals surface area contributed by atoms with Gasteiger partial charge in [0.2, 0.25) is 0 Å². The largest absolute Gasteiger partial charge is 0.458 e. The summed E-state index contributed by atoms with van der Waals surface area (Å²) < 4.78 is 16.3. The van der Waals surface area contributed by atoms with Crippen molar-refractivity contribution in [1.29, 1.82) is 0 Å². The van der Waals surface area contributed by atoms with Crippen LogP contribution in [0, 0.1) is 0 Å². The molecule has 5 heteroatoms. The second-order valence-electron chi connectivity index (χ2n) is 21.8. The van der Waals surface area contributed by atoms with Gasteiger partial charge in [-0.25, -0.2) is 0 Å². The molecule has 17 rings (SSSR count). The molecule has 376 valence electrons. The van der Waals surface area contributed by atoms with E-state index in [9.17, 15) is 0 Å². The lowest BCUT2D eigenvalue weighted by atomic mass is 9.35. The SMILES string of the molecule is c1ccc([Si](c2ccccc2)(c2ccccc2)c2ccc3c(-c4ccc5c(c4)c4cc(-c6c7ccccc7cc7ccccc67)ccc4n5-c4cc5c6c(c4)Oc4ccccc4B6c4ccccc4O5)c4ccccc4cc3c2)cc1. The molecule has 0 spiro atoms. The highest BCUT2D eigenvalue weighted by Crippen LogP contribution is 2.45. The van der Waals surface area contributed by atoms with E-state index < -0.39 is 8.07 Å². The molecule has 15 aromatic rings. The zero-order valence-corrected chi connectivity index (χ0v) is 45.1. The molecule has 0 bridgehead atoms. The number of benzene rings is 14. The van der Waals surface area contributed by atoms with E-state index in [1.807, 2.05) is 0 Å². The van der Waals surface area contributed by atoms with E-state index in [0.717, 1.165) is 67.1 Å². The fraction of sp³-hybridized carbons (Fsp3) is 0. The minimum absolute atomic E-state index is 0.0156. The first kappa shape index (κ1) is 45.8. The smallest absolute Gasteiger partial charge is 0.260 e. The highest BCUT2D eigenvalue weighted by molar-refractivity contribution is 7.20. The number of ether oxygens (including phenoxy) is 2. The Labute approximate surface area is 470 Å². The van der Waals surface area contributed by atoms with Crippen LogP contribution in [-0.4, -0.2) is 19.4 Å². The van der Waals surface area contributed by atoms with Gasteiger partial charge in [-0.05, 0) is 146 Å². The number of hydrogen-bond donors (Lipinski definition) is 0. The Balaban J connectivity index is 0.925. The normalized spacial score (nSPS) is 12.6. The summed E-state index contributed by atoms with van der Waals surface area (Å²) in [6, 6.07) is 108. The van der Waals surface area contributed by atoms with Gasteiger partial charge in [0.15, 0.2) is 8.07 Å². The molecule has 0 atom stereocenters. The molecule has 0 N–H and O–H groups in total. The van der Waals surface area contributed by atoms with Gasteiger partial charge in [-0.1, -0.05) is 231 Å². The summed E-state index contributed by atoms with van der Waals surface area (Å²) in [5.41, 5.74) is 11.3. The summed E-state index contributed by atoms with van der Waals surface area (Å²) in [5.74, 6) is 3.37. The lowest BCUT2D eigenvalue weighted by Gasteiger charge is -2.34. The highest BCUT2D eigenvalue weighted by atomic mass is 28.3. The van der Waals surface area contributed by atoms with Crippen molar-refractivity contribution in [3.8, 4) is 50.9 Å². The Morgan fingerprint density at radius 1 is 0.284 bits per heavy atom. The van der Waals surface area contributed by atoms with Gasteiger partial charge in [0.1, 0.15) is 23.0 Å². The molecule has 0 amide bonds. The van der Waals surface area contributed by atoms with Gasteiger partial charge in [0.25, 0.3) is 6.71 Å². The van der Waals surface area contributed by atoms with Crippen molar-refractivity contribution in [3.05, 3.63) is 291 Å². The average molecular weight is 1050 g/mol. The molecule has 81 heavy (non-hydrogen) atoms. The van der Waals surface area contributed by atoms with Gasteiger partial charge in [0.05, 0.1) is 16.7 Å². The molecule has 0 radical (unpaired) electrons. The van der Waals surface area contributed by atoms with Gasteiger partial charge in [-0.15, -0.1) is 0 Å². The van der Waals surface area contributed by atoms with Crippen molar-refractivity contribution < 1.29 is 9.47 Å². The summed E-state index contributed by atoms with van der Waals surface area (Å²) in [6.45, 7) is -0.0156. The maximum atomic E-state index is 6.93. The molecule has 0 saturated heterocycles. The Kier molecular flexibility index (Phi) is 10.1. The molecule has 3 nitrogen and oxygen atoms in total. The molecule has 3 heterocycles. The van der Waals surface area contributed by atoms with Crippen molar-refractivity contribution in [2.75, 3.05) is 0 Å². The third-order valence-corrected chi connectivity index (χ3v) is 22.3. The van der Waals surface area contributed by atoms with Crippen molar-refractivity contribution in [1.82, 2.24) is 4.57 Å². The number of nitrogens with zero attached hydrogens (tertiary/aromatic N) is 1. The predicted molar refractivity (Wildman–Crippen MR) is 343 cm³/mol. The monoisotopic (exact) mass is 1050 g/mol. The molecule has 1 aromatic heterocycles. The maximum Gasteiger partial charge on any atom is 0.260 e. The Morgan fingerprint density at radius 3 is 1.17 bits per heavy atom. The van der Waals surface area contributed by atoms with Crippen LogP contribution in [0.4, 0.5) is 0 Å². The van der Waals surface area contributed by atoms with Gasteiger partial charge in [-0.3, -0.25) is 0 Å². The zero-order chi connectivity index (χ0) is 53.2. The van der Waals surface area contributed by atoms with E-state index in [-0.39, 0.29) is 6.71 Å². The van der Waals surface area contributed by atoms with E-state index in [1.54, 1.807) is 0 Å². The second kappa shape index (κ2) is 17.9. The van der Waals surface area contributed by atoms with Crippen molar-refractivity contribution in [2.45, 2.75) is 0 Å². The molecule has 0 saturated carbocycles. The van der Waals surface area contributed by atoms with Crippen LogP contribution in [0.3, 0.4) is 0 Å². The van der Waals surface area contributed by atoms with Gasteiger partial charge < -0.3 is 14.0 Å². The van der Waals surface area contributed by atoms with Crippen molar-refractivity contribution >= 4 is 117 Å². The third kappa shape index (κ3) is 6.89. The van der Waals surface area contributed by atoms with Gasteiger partial charge >= 0.3 is 0 Å². The van der Waals surface area contributed by atoms with E-state index in [2.05, 4.69) is 296 Å². The topological polar surface area (TPSA) is 23.4 Å². The first-order chi connectivity index (χ1) is 40.2. The molecule has 2 aliphatic rings. The van der Waals surface area contributed by atoms with E-state index >= 15 is 0 Å². The van der Waals surface area contributed by atoms with Crippen LogP contribution >= 0.6 is 0 Å². The number of para-hydroxylation sites is 2. The van der Waals surface area contributed by atoms with Crippen LogP contribution < -0.4 is 46.6 Å². The lowest BCUT2D eigenvalue weighted by molar-refractivity contribution is 0.464. The Bertz CT molecular complexity index is 4850. The summed E-state index contributed by atoms with van der Waals surface area (Å²) >= 11 is 0. The fourth-order valence-corrected chi connectivity index (χ4v) is 18.9. The van der Waals surface area contributed by atoms with Crippen molar-refractivity contribution in [2.24, 2.45) is 0 Å². The van der Waals surface area contributed by atoms with Crippen LogP contribution in [0.2, 0.25) is 0 Å². The molecular weight excluding hydrogens is 998 g/mol. The highest BCUT2D eigenvalue weighted by Gasteiger charge is 2.42. The predicted octanol–water partition coefficient (Wildman–Crippen LogP) is 14.8. The average Bonchev–Trinajstić information content (AvgIpc) is 4.08. The minimum atomic E-state index is -2.82. The second-order valence-corrected chi connectivity index (χ2v) is 25.6. The maximum absolute atomic E-state index is 6.93. The van der Waals surface area contributed by atoms with E-state index in [4.69, 9.17) is 9.47 Å². The van der Waals surface area contributed by atoms with E-state index in [0.29, 0.717) is 0 Å². The summed E-state index contributed by atoms with van der Waals surface area (Å²) in [5, 5.41) is 17.5. The Morgan fingerprint density at radius 2 is 0.691 bits per heavy atom. The minimum Gasteiger partial charge on any atom is -0.458 e. The standard InChI is InChI=1S/C76H48BNO2Si/c1-4-23-56(24-5-1)81(57-25-6-2-7-26-57,58-27-8-3-9-28-58)59-38-39-63-54(44-59)43-51-22-12-15-31-62(51)75(63)53-37-41-69-65(46-53)64-45-52(74-60-29-13-10-20-49(60)42-50-21-11-14-30-61(50)74)36-40-68(64)78(69)55-47-72-76-73(48-55)80-71-35-19-17-33-67(71)77(76)66-32-16-18-34-70(66)79-72/h1-48H. The number of hydrogen-bond acceptors (Lipinski definition) is 2. The molecular formula is C76H48BNO2Si.